The monoisotopic (exact) mass is 211 g/mol. The smallest absolute Gasteiger partial charge is 0.449 e. The van der Waals surface area contributed by atoms with E-state index in [1.807, 2.05) is 0 Å². The van der Waals surface area contributed by atoms with Gasteiger partial charge in [0.15, 0.2) is 11.6 Å². The molecule has 0 saturated carbocycles. The van der Waals surface area contributed by atoms with Crippen molar-refractivity contribution in [2.24, 2.45) is 5.73 Å². The van der Waals surface area contributed by atoms with Gasteiger partial charge in [0.05, 0.1) is 0 Å². The lowest BCUT2D eigenvalue weighted by molar-refractivity contribution is 0.142. The fraction of sp³-hybridized carbons (Fsp3) is 0.300. The van der Waals surface area contributed by atoms with Crippen LogP contribution in [0, 0.1) is 5.82 Å². The Kier molecular flexibility index (Phi) is 2.32. The summed E-state index contributed by atoms with van der Waals surface area (Å²) >= 11 is 0. The maximum absolute atomic E-state index is 13.3. The number of fused-ring (bicyclic) bond motifs is 1. The van der Waals surface area contributed by atoms with Gasteiger partial charge >= 0.3 is 6.16 Å². The van der Waals surface area contributed by atoms with Crippen LogP contribution < -0.4 is 10.5 Å². The largest absolute Gasteiger partial charge is 0.511 e. The Morgan fingerprint density at radius 1 is 1.60 bits per heavy atom. The van der Waals surface area contributed by atoms with Gasteiger partial charge in [0.1, 0.15) is 0 Å². The lowest BCUT2D eigenvalue weighted by Crippen LogP contribution is -2.08. The van der Waals surface area contributed by atoms with Crippen molar-refractivity contribution in [3.05, 3.63) is 29.1 Å². The molecule has 1 aliphatic rings. The number of rotatable bonds is 1. The van der Waals surface area contributed by atoms with Gasteiger partial charge in [0.25, 0.3) is 0 Å². The van der Waals surface area contributed by atoms with Crippen molar-refractivity contribution in [1.29, 1.82) is 0 Å². The molecule has 0 aliphatic heterocycles. The SMILES string of the molecule is N[C@@H]1CCc2cc(OC(=O)O)c(F)cc21. The van der Waals surface area contributed by atoms with E-state index in [0.717, 1.165) is 24.0 Å². The second kappa shape index (κ2) is 3.51. The summed E-state index contributed by atoms with van der Waals surface area (Å²) in [5.74, 6) is -0.941. The van der Waals surface area contributed by atoms with E-state index in [4.69, 9.17) is 10.8 Å². The summed E-state index contributed by atoms with van der Waals surface area (Å²) < 4.78 is 17.6. The van der Waals surface area contributed by atoms with Crippen LogP contribution in [0.15, 0.2) is 12.1 Å². The van der Waals surface area contributed by atoms with E-state index in [1.165, 1.54) is 12.1 Å². The molecule has 1 atom stereocenters. The fourth-order valence-corrected chi connectivity index (χ4v) is 1.81. The lowest BCUT2D eigenvalue weighted by atomic mass is 10.1. The number of hydrogen-bond donors (Lipinski definition) is 2. The van der Waals surface area contributed by atoms with Crippen LogP contribution in [-0.2, 0) is 6.42 Å². The molecule has 15 heavy (non-hydrogen) atoms. The Bertz CT molecular complexity index is 419. The first-order chi connectivity index (χ1) is 7.08. The molecule has 0 saturated heterocycles. The number of carbonyl (C=O) groups is 1. The van der Waals surface area contributed by atoms with Crippen molar-refractivity contribution in [3.8, 4) is 5.75 Å². The molecule has 1 aliphatic carbocycles. The van der Waals surface area contributed by atoms with E-state index in [0.29, 0.717) is 0 Å². The number of hydrogen-bond acceptors (Lipinski definition) is 3. The molecule has 0 heterocycles. The predicted octanol–water partition coefficient (Wildman–Crippen LogP) is 1.83. The molecule has 0 spiro atoms. The Hall–Kier alpha value is -1.62. The molecule has 0 bridgehead atoms. The normalized spacial score (nSPS) is 18.7. The molecule has 0 aromatic heterocycles. The van der Waals surface area contributed by atoms with Gasteiger partial charge in [-0.25, -0.2) is 9.18 Å². The minimum Gasteiger partial charge on any atom is -0.449 e. The highest BCUT2D eigenvalue weighted by molar-refractivity contribution is 5.61. The van der Waals surface area contributed by atoms with E-state index < -0.39 is 12.0 Å². The Labute approximate surface area is 85.5 Å². The lowest BCUT2D eigenvalue weighted by Gasteiger charge is -2.07. The highest BCUT2D eigenvalue weighted by Crippen LogP contribution is 2.33. The van der Waals surface area contributed by atoms with Crippen LogP contribution >= 0.6 is 0 Å². The first kappa shape index (κ1) is 9.92. The van der Waals surface area contributed by atoms with Crippen molar-refractivity contribution < 1.29 is 19.0 Å². The number of aryl methyl sites for hydroxylation is 1. The first-order valence-electron chi connectivity index (χ1n) is 4.56. The summed E-state index contributed by atoms with van der Waals surface area (Å²) in [5.41, 5.74) is 7.34. The molecule has 4 nitrogen and oxygen atoms in total. The van der Waals surface area contributed by atoms with Gasteiger partial charge in [-0.1, -0.05) is 0 Å². The number of ether oxygens (including phenoxy) is 1. The number of benzene rings is 1. The zero-order chi connectivity index (χ0) is 11.0. The van der Waals surface area contributed by atoms with Gasteiger partial charge in [-0.2, -0.15) is 0 Å². The molecule has 1 aromatic carbocycles. The third kappa shape index (κ3) is 1.78. The van der Waals surface area contributed by atoms with Gasteiger partial charge in [0.2, 0.25) is 0 Å². The summed E-state index contributed by atoms with van der Waals surface area (Å²) in [7, 11) is 0. The molecule has 2 rings (SSSR count). The molecular weight excluding hydrogens is 201 g/mol. The summed E-state index contributed by atoms with van der Waals surface area (Å²) in [6.07, 6.45) is -0.0333. The van der Waals surface area contributed by atoms with E-state index in [9.17, 15) is 9.18 Å². The first-order valence-corrected chi connectivity index (χ1v) is 4.56. The summed E-state index contributed by atoms with van der Waals surface area (Å²) in [5, 5.41) is 8.38. The van der Waals surface area contributed by atoms with E-state index >= 15 is 0 Å². The van der Waals surface area contributed by atoms with Crippen LogP contribution in [0.3, 0.4) is 0 Å². The molecule has 5 heteroatoms. The predicted molar refractivity (Wildman–Crippen MR) is 50.3 cm³/mol. The van der Waals surface area contributed by atoms with Crippen LogP contribution in [0.2, 0.25) is 0 Å². The second-order valence-corrected chi connectivity index (χ2v) is 3.49. The highest BCUT2D eigenvalue weighted by Gasteiger charge is 2.22. The Morgan fingerprint density at radius 2 is 2.33 bits per heavy atom. The minimum atomic E-state index is -1.52. The Balaban J connectivity index is 2.39. The van der Waals surface area contributed by atoms with Crippen molar-refractivity contribution in [2.75, 3.05) is 0 Å². The van der Waals surface area contributed by atoms with Crippen LogP contribution in [0.5, 0.6) is 5.75 Å². The third-order valence-electron chi connectivity index (χ3n) is 2.52. The molecule has 0 radical (unpaired) electrons. The average Bonchev–Trinajstić information content (AvgIpc) is 2.48. The van der Waals surface area contributed by atoms with Gasteiger partial charge < -0.3 is 15.6 Å². The molecule has 1 aromatic rings. The number of carboxylic acid groups (broad SMARTS) is 1. The minimum absolute atomic E-state index is 0.159. The standard InChI is InChI=1S/C10H10FNO3/c11-7-4-6-5(1-2-8(6)12)3-9(7)15-10(13)14/h3-4,8H,1-2,12H2,(H,13,14)/t8-/m1/s1. The van der Waals surface area contributed by atoms with Crippen molar-refractivity contribution in [2.45, 2.75) is 18.9 Å². The van der Waals surface area contributed by atoms with Crippen LogP contribution in [-0.4, -0.2) is 11.3 Å². The highest BCUT2D eigenvalue weighted by atomic mass is 19.1. The molecule has 0 amide bonds. The molecule has 3 N–H and O–H groups in total. The summed E-state index contributed by atoms with van der Waals surface area (Å²) in [4.78, 5) is 10.3. The van der Waals surface area contributed by atoms with Gasteiger partial charge in [-0.05, 0) is 36.1 Å². The molecule has 80 valence electrons. The maximum Gasteiger partial charge on any atom is 0.511 e. The second-order valence-electron chi connectivity index (χ2n) is 3.49. The molecular formula is C10H10FNO3. The van der Waals surface area contributed by atoms with Crippen molar-refractivity contribution in [3.63, 3.8) is 0 Å². The zero-order valence-corrected chi connectivity index (χ0v) is 7.87. The quantitative estimate of drug-likeness (QED) is 0.549. The third-order valence-corrected chi connectivity index (χ3v) is 2.52. The van der Waals surface area contributed by atoms with Gasteiger partial charge in [-0.3, -0.25) is 0 Å². The molecule has 0 fully saturated rings. The fourth-order valence-electron chi connectivity index (χ4n) is 1.81. The Morgan fingerprint density at radius 3 is 3.00 bits per heavy atom. The summed E-state index contributed by atoms with van der Waals surface area (Å²) in [6.45, 7) is 0. The van der Waals surface area contributed by atoms with Crippen LogP contribution in [0.1, 0.15) is 23.6 Å². The number of nitrogens with two attached hydrogens (primary N) is 1. The van der Waals surface area contributed by atoms with Gasteiger partial charge in [-0.15, -0.1) is 0 Å². The maximum atomic E-state index is 13.3. The van der Waals surface area contributed by atoms with E-state index in [1.54, 1.807) is 0 Å². The van der Waals surface area contributed by atoms with E-state index in [-0.39, 0.29) is 11.8 Å². The van der Waals surface area contributed by atoms with Gasteiger partial charge in [0, 0.05) is 6.04 Å². The topological polar surface area (TPSA) is 72.5 Å². The number of halogens is 1. The van der Waals surface area contributed by atoms with Crippen molar-refractivity contribution >= 4 is 6.16 Å². The zero-order valence-electron chi connectivity index (χ0n) is 7.87. The van der Waals surface area contributed by atoms with Crippen molar-refractivity contribution in [1.82, 2.24) is 0 Å². The average molecular weight is 211 g/mol. The molecule has 0 unspecified atom stereocenters. The van der Waals surface area contributed by atoms with Crippen LogP contribution in [0.4, 0.5) is 9.18 Å². The van der Waals surface area contributed by atoms with Crippen LogP contribution in [0.25, 0.3) is 0 Å². The van der Waals surface area contributed by atoms with E-state index in [2.05, 4.69) is 4.74 Å². The summed E-state index contributed by atoms with van der Waals surface area (Å²) in [6, 6.07) is 2.50.